The summed E-state index contributed by atoms with van der Waals surface area (Å²) in [5.74, 6) is 1.07. The van der Waals surface area contributed by atoms with E-state index in [0.29, 0.717) is 11.7 Å². The zero-order chi connectivity index (χ0) is 12.4. The van der Waals surface area contributed by atoms with Crippen LogP contribution in [0.3, 0.4) is 0 Å². The van der Waals surface area contributed by atoms with Gasteiger partial charge in [-0.1, -0.05) is 19.9 Å². The first-order valence-corrected chi connectivity index (χ1v) is 5.78. The molecule has 2 rings (SSSR count). The van der Waals surface area contributed by atoms with E-state index in [0.717, 1.165) is 11.3 Å². The zero-order valence-corrected chi connectivity index (χ0v) is 10.3. The van der Waals surface area contributed by atoms with Crippen molar-refractivity contribution in [3.05, 3.63) is 41.9 Å². The van der Waals surface area contributed by atoms with E-state index < -0.39 is 6.10 Å². The molecule has 2 aromatic heterocycles. The molecule has 1 unspecified atom stereocenters. The van der Waals surface area contributed by atoms with Gasteiger partial charge in [0.25, 0.3) is 0 Å². The van der Waals surface area contributed by atoms with Crippen LogP contribution in [0.5, 0.6) is 0 Å². The summed E-state index contributed by atoms with van der Waals surface area (Å²) < 4.78 is 1.72. The Morgan fingerprint density at radius 2 is 2.00 bits per heavy atom. The molecule has 0 radical (unpaired) electrons. The largest absolute Gasteiger partial charge is 0.389 e. The molecule has 17 heavy (non-hydrogen) atoms. The molecule has 4 nitrogen and oxygen atoms in total. The maximum absolute atomic E-state index is 9.70. The minimum absolute atomic E-state index is 0.384. The van der Waals surface area contributed by atoms with Gasteiger partial charge in [0.15, 0.2) is 5.82 Å². The van der Waals surface area contributed by atoms with Gasteiger partial charge in [-0.2, -0.15) is 5.10 Å². The molecule has 4 heteroatoms. The lowest BCUT2D eigenvalue weighted by Gasteiger charge is -2.10. The Bertz CT molecular complexity index is 503. The monoisotopic (exact) mass is 231 g/mol. The van der Waals surface area contributed by atoms with Crippen LogP contribution in [0.15, 0.2) is 30.6 Å². The van der Waals surface area contributed by atoms with E-state index in [1.807, 2.05) is 24.4 Å². The standard InChI is InChI=1S/C13H17N3O/c1-9(2)12-6-8-16(15-12)13-11(10(3)17)5-4-7-14-13/h4-10,17H,1-3H3. The topological polar surface area (TPSA) is 50.9 Å². The van der Waals surface area contributed by atoms with Crippen LogP contribution in [0, 0.1) is 0 Å². The maximum Gasteiger partial charge on any atom is 0.159 e. The average molecular weight is 231 g/mol. The second-order valence-electron chi connectivity index (χ2n) is 4.43. The van der Waals surface area contributed by atoms with Gasteiger partial charge in [0.2, 0.25) is 0 Å². The quantitative estimate of drug-likeness (QED) is 0.882. The van der Waals surface area contributed by atoms with Gasteiger partial charge >= 0.3 is 0 Å². The SMILES string of the molecule is CC(C)c1ccn(-c2ncccc2C(C)O)n1. The van der Waals surface area contributed by atoms with Crippen molar-refractivity contribution in [1.29, 1.82) is 0 Å². The third-order valence-corrected chi connectivity index (χ3v) is 2.69. The molecule has 0 aliphatic heterocycles. The Kier molecular flexibility index (Phi) is 3.24. The fourth-order valence-electron chi connectivity index (χ4n) is 1.69. The molecule has 90 valence electrons. The van der Waals surface area contributed by atoms with Gasteiger partial charge < -0.3 is 5.11 Å². The molecule has 2 heterocycles. The van der Waals surface area contributed by atoms with E-state index in [1.165, 1.54) is 0 Å². The smallest absolute Gasteiger partial charge is 0.159 e. The maximum atomic E-state index is 9.70. The fourth-order valence-corrected chi connectivity index (χ4v) is 1.69. The molecule has 1 N–H and O–H groups in total. The van der Waals surface area contributed by atoms with Gasteiger partial charge in [0, 0.05) is 18.0 Å². The summed E-state index contributed by atoms with van der Waals surface area (Å²) in [5.41, 5.74) is 1.80. The lowest BCUT2D eigenvalue weighted by molar-refractivity contribution is 0.198. The third kappa shape index (κ3) is 2.36. The molecule has 0 spiro atoms. The first-order valence-electron chi connectivity index (χ1n) is 5.78. The van der Waals surface area contributed by atoms with Crippen LogP contribution in [0.1, 0.15) is 44.1 Å². The summed E-state index contributed by atoms with van der Waals surface area (Å²) in [4.78, 5) is 4.28. The van der Waals surface area contributed by atoms with Crippen molar-refractivity contribution < 1.29 is 5.11 Å². The first-order chi connectivity index (χ1) is 8.09. The minimum atomic E-state index is -0.551. The normalized spacial score (nSPS) is 13.0. The van der Waals surface area contributed by atoms with Gasteiger partial charge in [-0.15, -0.1) is 0 Å². The van der Waals surface area contributed by atoms with Gasteiger partial charge in [-0.05, 0) is 25.0 Å². The summed E-state index contributed by atoms with van der Waals surface area (Å²) in [6, 6.07) is 5.66. The number of pyridine rings is 1. The summed E-state index contributed by atoms with van der Waals surface area (Å²) in [7, 11) is 0. The van der Waals surface area contributed by atoms with E-state index >= 15 is 0 Å². The van der Waals surface area contributed by atoms with Gasteiger partial charge in [0.05, 0.1) is 11.8 Å². The third-order valence-electron chi connectivity index (χ3n) is 2.69. The molecule has 0 saturated carbocycles. The molecule has 0 bridgehead atoms. The van der Waals surface area contributed by atoms with E-state index in [2.05, 4.69) is 23.9 Å². The number of aliphatic hydroxyl groups is 1. The van der Waals surface area contributed by atoms with E-state index in [4.69, 9.17) is 0 Å². The molecule has 0 amide bonds. The molecule has 0 saturated heterocycles. The number of nitrogens with zero attached hydrogens (tertiary/aromatic N) is 3. The molecule has 2 aromatic rings. The van der Waals surface area contributed by atoms with Crippen molar-refractivity contribution in [3.63, 3.8) is 0 Å². The molecule has 0 aliphatic carbocycles. The molecular formula is C13H17N3O. The Morgan fingerprint density at radius 3 is 2.59 bits per heavy atom. The number of rotatable bonds is 3. The van der Waals surface area contributed by atoms with Crippen LogP contribution in [-0.2, 0) is 0 Å². The second kappa shape index (κ2) is 4.67. The number of hydrogen-bond acceptors (Lipinski definition) is 3. The highest BCUT2D eigenvalue weighted by Crippen LogP contribution is 2.20. The molecular weight excluding hydrogens is 214 g/mol. The van der Waals surface area contributed by atoms with Crippen molar-refractivity contribution in [2.45, 2.75) is 32.8 Å². The van der Waals surface area contributed by atoms with E-state index in [1.54, 1.807) is 17.8 Å². The Balaban J connectivity index is 2.45. The molecule has 1 atom stereocenters. The fraction of sp³-hybridized carbons (Fsp3) is 0.385. The summed E-state index contributed by atoms with van der Waals surface area (Å²) >= 11 is 0. The summed E-state index contributed by atoms with van der Waals surface area (Å²) in [6.45, 7) is 5.93. The highest BCUT2D eigenvalue weighted by atomic mass is 16.3. The van der Waals surface area contributed by atoms with Crippen molar-refractivity contribution >= 4 is 0 Å². The van der Waals surface area contributed by atoms with Gasteiger partial charge in [0.1, 0.15) is 0 Å². The Labute approximate surface area is 101 Å². The summed E-state index contributed by atoms with van der Waals surface area (Å²) in [5, 5.41) is 14.2. The average Bonchev–Trinajstić information content (AvgIpc) is 2.78. The zero-order valence-electron chi connectivity index (χ0n) is 10.3. The second-order valence-corrected chi connectivity index (χ2v) is 4.43. The van der Waals surface area contributed by atoms with Gasteiger partial charge in [-0.25, -0.2) is 9.67 Å². The summed E-state index contributed by atoms with van der Waals surface area (Å²) in [6.07, 6.45) is 3.03. The lowest BCUT2D eigenvalue weighted by atomic mass is 10.1. The van der Waals surface area contributed by atoms with Crippen molar-refractivity contribution in [2.75, 3.05) is 0 Å². The van der Waals surface area contributed by atoms with Crippen molar-refractivity contribution in [2.24, 2.45) is 0 Å². The van der Waals surface area contributed by atoms with Crippen LogP contribution in [-0.4, -0.2) is 19.9 Å². The van der Waals surface area contributed by atoms with Crippen LogP contribution < -0.4 is 0 Å². The highest BCUT2D eigenvalue weighted by molar-refractivity contribution is 5.34. The van der Waals surface area contributed by atoms with Gasteiger partial charge in [-0.3, -0.25) is 0 Å². The van der Waals surface area contributed by atoms with E-state index in [-0.39, 0.29) is 0 Å². The first kappa shape index (κ1) is 11.8. The molecule has 0 aliphatic rings. The number of aromatic nitrogens is 3. The van der Waals surface area contributed by atoms with E-state index in [9.17, 15) is 5.11 Å². The molecule has 0 fully saturated rings. The van der Waals surface area contributed by atoms with Crippen LogP contribution in [0.2, 0.25) is 0 Å². The Hall–Kier alpha value is -1.68. The number of aliphatic hydroxyl groups excluding tert-OH is 1. The lowest BCUT2D eigenvalue weighted by Crippen LogP contribution is -2.06. The predicted molar refractivity (Wildman–Crippen MR) is 66.1 cm³/mol. The van der Waals surface area contributed by atoms with Crippen LogP contribution >= 0.6 is 0 Å². The minimum Gasteiger partial charge on any atom is -0.389 e. The Morgan fingerprint density at radius 1 is 1.24 bits per heavy atom. The molecule has 0 aromatic carbocycles. The van der Waals surface area contributed by atoms with Crippen LogP contribution in [0.25, 0.3) is 5.82 Å². The van der Waals surface area contributed by atoms with Crippen molar-refractivity contribution in [3.8, 4) is 5.82 Å². The highest BCUT2D eigenvalue weighted by Gasteiger charge is 2.12. The number of hydrogen-bond donors (Lipinski definition) is 1. The predicted octanol–water partition coefficient (Wildman–Crippen LogP) is 2.44. The van der Waals surface area contributed by atoms with Crippen molar-refractivity contribution in [1.82, 2.24) is 14.8 Å². The van der Waals surface area contributed by atoms with Crippen LogP contribution in [0.4, 0.5) is 0 Å².